The Balaban J connectivity index is 1.40. The standard InChI is InChI=1S/C28H37NO9/c1-15(25(35)36)29-22(33)6-7-23(34)38-14-21(32)28(37)11-9-19-18-5-4-16-12-17(30)8-10-26(16,2)24(18)20(31)13-27(19,28)3/h12,15,18-19,24,37H,4-11,13-14H2,1-3H3,(H,29,33)(H,35,36)/t15?,18?,19?,24?,26-,27-,28-/m0/s1. The van der Waals surface area contributed by atoms with E-state index in [4.69, 9.17) is 9.84 Å². The number of rotatable bonds is 8. The molecule has 0 aromatic rings. The van der Waals surface area contributed by atoms with Gasteiger partial charge < -0.3 is 20.3 Å². The highest BCUT2D eigenvalue weighted by Crippen LogP contribution is 2.66. The minimum Gasteiger partial charge on any atom is -0.480 e. The summed E-state index contributed by atoms with van der Waals surface area (Å²) in [5, 5.41) is 22.7. The molecule has 3 fully saturated rings. The number of carboxylic acid groups (broad SMARTS) is 1. The van der Waals surface area contributed by atoms with Gasteiger partial charge in [0.15, 0.2) is 12.4 Å². The maximum absolute atomic E-state index is 13.7. The number of carboxylic acids is 1. The molecule has 38 heavy (non-hydrogen) atoms. The Morgan fingerprint density at radius 3 is 2.50 bits per heavy atom. The molecule has 4 aliphatic rings. The van der Waals surface area contributed by atoms with Gasteiger partial charge in [0.05, 0.1) is 6.42 Å². The molecule has 4 aliphatic carbocycles. The van der Waals surface area contributed by atoms with E-state index in [2.05, 4.69) is 12.2 Å². The SMILES string of the molecule is CC(NC(=O)CCC(=O)OCC(=O)[C@@]1(O)CCC2C3CCC4=CC(=O)CC[C@]4(C)C3C(=O)C[C@@]21C)C(=O)O. The maximum atomic E-state index is 13.7. The second kappa shape index (κ2) is 10.0. The minimum atomic E-state index is -1.81. The Labute approximate surface area is 221 Å². The van der Waals surface area contributed by atoms with Gasteiger partial charge in [0.1, 0.15) is 17.4 Å². The number of aliphatic hydroxyl groups is 1. The summed E-state index contributed by atoms with van der Waals surface area (Å²) >= 11 is 0. The Hall–Kier alpha value is -2.88. The number of allylic oxidation sites excluding steroid dienone is 1. The first-order chi connectivity index (χ1) is 17.7. The minimum absolute atomic E-state index is 0.00711. The van der Waals surface area contributed by atoms with Gasteiger partial charge in [-0.2, -0.15) is 0 Å². The lowest BCUT2D eigenvalue weighted by Gasteiger charge is -2.57. The van der Waals surface area contributed by atoms with Crippen molar-refractivity contribution in [2.24, 2.45) is 28.6 Å². The van der Waals surface area contributed by atoms with Crippen molar-refractivity contribution in [3.05, 3.63) is 11.6 Å². The summed E-state index contributed by atoms with van der Waals surface area (Å²) in [6.45, 7) is 4.51. The van der Waals surface area contributed by atoms with Gasteiger partial charge in [-0.05, 0) is 62.4 Å². The van der Waals surface area contributed by atoms with Crippen LogP contribution in [0.3, 0.4) is 0 Å². The van der Waals surface area contributed by atoms with Crippen molar-refractivity contribution >= 4 is 35.2 Å². The van der Waals surface area contributed by atoms with Crippen LogP contribution < -0.4 is 5.32 Å². The molecule has 0 aromatic carbocycles. The molecule has 0 heterocycles. The number of ketones is 3. The number of hydrogen-bond acceptors (Lipinski definition) is 8. The van der Waals surface area contributed by atoms with Gasteiger partial charge in [-0.3, -0.25) is 28.8 Å². The molecule has 10 nitrogen and oxygen atoms in total. The van der Waals surface area contributed by atoms with Gasteiger partial charge in [0.2, 0.25) is 11.7 Å². The molecule has 0 radical (unpaired) electrons. The van der Waals surface area contributed by atoms with Crippen LogP contribution in [0, 0.1) is 28.6 Å². The molecule has 0 saturated heterocycles. The van der Waals surface area contributed by atoms with E-state index in [1.54, 1.807) is 13.0 Å². The molecule has 1 amide bonds. The van der Waals surface area contributed by atoms with Gasteiger partial charge >= 0.3 is 11.9 Å². The molecular weight excluding hydrogens is 494 g/mol. The fourth-order valence-electron chi connectivity index (χ4n) is 7.77. The number of aliphatic carboxylic acids is 1. The van der Waals surface area contributed by atoms with Crippen molar-refractivity contribution in [1.29, 1.82) is 0 Å². The van der Waals surface area contributed by atoms with Crippen LogP contribution >= 0.6 is 0 Å². The first-order valence-electron chi connectivity index (χ1n) is 13.4. The third kappa shape index (κ3) is 4.61. The van der Waals surface area contributed by atoms with E-state index in [-0.39, 0.29) is 60.4 Å². The highest BCUT2D eigenvalue weighted by Gasteiger charge is 2.68. The summed E-state index contributed by atoms with van der Waals surface area (Å²) in [6, 6.07) is -1.10. The van der Waals surface area contributed by atoms with Crippen molar-refractivity contribution in [2.75, 3.05) is 6.61 Å². The molecule has 208 valence electrons. The molecule has 3 N–H and O–H groups in total. The third-order valence-electron chi connectivity index (χ3n) is 9.94. The van der Waals surface area contributed by atoms with E-state index >= 15 is 0 Å². The van der Waals surface area contributed by atoms with E-state index in [1.165, 1.54) is 6.92 Å². The first kappa shape index (κ1) is 28.1. The molecule has 4 rings (SSSR count). The first-order valence-corrected chi connectivity index (χ1v) is 13.4. The van der Waals surface area contributed by atoms with Gasteiger partial charge in [0, 0.05) is 30.6 Å². The largest absolute Gasteiger partial charge is 0.480 e. The smallest absolute Gasteiger partial charge is 0.325 e. The molecule has 0 aliphatic heterocycles. The molecule has 4 unspecified atom stereocenters. The summed E-state index contributed by atoms with van der Waals surface area (Å²) in [6.07, 6.45) is 4.40. The third-order valence-corrected chi connectivity index (χ3v) is 9.94. The van der Waals surface area contributed by atoms with Gasteiger partial charge in [-0.15, -0.1) is 0 Å². The number of amides is 1. The lowest BCUT2D eigenvalue weighted by molar-refractivity contribution is -0.173. The zero-order chi connectivity index (χ0) is 28.0. The Morgan fingerprint density at radius 2 is 1.82 bits per heavy atom. The maximum Gasteiger partial charge on any atom is 0.325 e. The van der Waals surface area contributed by atoms with E-state index in [0.29, 0.717) is 19.3 Å². The quantitative estimate of drug-likeness (QED) is 0.397. The Bertz CT molecular complexity index is 1110. The number of ether oxygens (including phenoxy) is 1. The van der Waals surface area contributed by atoms with Crippen LogP contribution in [0.1, 0.15) is 78.6 Å². The number of carbonyl (C=O) groups is 6. The number of Topliss-reactive ketones (excluding diaryl/α,β-unsaturated/α-hetero) is 2. The second-order valence-corrected chi connectivity index (χ2v) is 12.0. The van der Waals surface area contributed by atoms with Crippen molar-refractivity contribution in [1.82, 2.24) is 5.32 Å². The van der Waals surface area contributed by atoms with Crippen LogP contribution in [-0.4, -0.2) is 63.7 Å². The number of esters is 1. The number of nitrogens with one attached hydrogen (secondary N) is 1. The Morgan fingerprint density at radius 1 is 1.11 bits per heavy atom. The van der Waals surface area contributed by atoms with Crippen molar-refractivity contribution < 1.29 is 43.7 Å². The van der Waals surface area contributed by atoms with E-state index in [1.807, 2.05) is 0 Å². The lowest BCUT2D eigenvalue weighted by atomic mass is 9.46. The normalized spacial score (nSPS) is 36.7. The van der Waals surface area contributed by atoms with Crippen LogP contribution in [0.5, 0.6) is 0 Å². The molecule has 0 spiro atoms. The summed E-state index contributed by atoms with van der Waals surface area (Å²) in [5.74, 6) is -3.47. The zero-order valence-corrected chi connectivity index (χ0v) is 22.2. The van der Waals surface area contributed by atoms with Crippen LogP contribution in [0.25, 0.3) is 0 Å². The topological polar surface area (TPSA) is 164 Å². The van der Waals surface area contributed by atoms with Crippen molar-refractivity contribution in [3.8, 4) is 0 Å². The van der Waals surface area contributed by atoms with Gasteiger partial charge in [0.25, 0.3) is 0 Å². The monoisotopic (exact) mass is 531 g/mol. The fourth-order valence-corrected chi connectivity index (χ4v) is 7.77. The highest BCUT2D eigenvalue weighted by atomic mass is 16.5. The van der Waals surface area contributed by atoms with Crippen LogP contribution in [-0.2, 0) is 33.5 Å². The zero-order valence-electron chi connectivity index (χ0n) is 22.2. The summed E-state index contributed by atoms with van der Waals surface area (Å²) in [5.41, 5.74) is -2.12. The van der Waals surface area contributed by atoms with E-state index in [9.17, 15) is 33.9 Å². The molecule has 3 saturated carbocycles. The molecule has 7 atom stereocenters. The summed E-state index contributed by atoms with van der Waals surface area (Å²) in [7, 11) is 0. The molecule has 10 heteroatoms. The predicted molar refractivity (Wildman–Crippen MR) is 132 cm³/mol. The van der Waals surface area contributed by atoms with E-state index in [0.717, 1.165) is 18.4 Å². The number of hydrogen-bond donors (Lipinski definition) is 3. The highest BCUT2D eigenvalue weighted by molar-refractivity contribution is 5.95. The van der Waals surface area contributed by atoms with Crippen molar-refractivity contribution in [2.45, 2.75) is 90.2 Å². The molecular formula is C28H37NO9. The summed E-state index contributed by atoms with van der Waals surface area (Å²) < 4.78 is 5.07. The van der Waals surface area contributed by atoms with Crippen LogP contribution in [0.15, 0.2) is 11.6 Å². The van der Waals surface area contributed by atoms with E-state index < -0.39 is 47.3 Å². The number of carbonyl (C=O) groups excluding carboxylic acids is 5. The van der Waals surface area contributed by atoms with Crippen LogP contribution in [0.4, 0.5) is 0 Å². The summed E-state index contributed by atoms with van der Waals surface area (Å²) in [4.78, 5) is 73.7. The fraction of sp³-hybridized carbons (Fsp3) is 0.714. The van der Waals surface area contributed by atoms with Gasteiger partial charge in [-0.25, -0.2) is 0 Å². The van der Waals surface area contributed by atoms with Gasteiger partial charge in [-0.1, -0.05) is 19.4 Å². The molecule has 0 aromatic heterocycles. The Kier molecular flexibility index (Phi) is 7.42. The van der Waals surface area contributed by atoms with Crippen LogP contribution in [0.2, 0.25) is 0 Å². The predicted octanol–water partition coefficient (Wildman–Crippen LogP) is 1.91. The second-order valence-electron chi connectivity index (χ2n) is 12.0. The van der Waals surface area contributed by atoms with Crippen molar-refractivity contribution in [3.63, 3.8) is 0 Å². The average molecular weight is 532 g/mol. The molecule has 0 bridgehead atoms. The number of fused-ring (bicyclic) bond motifs is 5. The average Bonchev–Trinajstić information content (AvgIpc) is 3.12. The lowest BCUT2D eigenvalue weighted by Crippen LogP contribution is -2.61.